The molecule has 2 amide bonds. The number of halogens is 3. The number of hydrogen-bond donors (Lipinski definition) is 1. The number of nitrogens with one attached hydrogen (secondary N) is 1. The zero-order chi connectivity index (χ0) is 20.6. The van der Waals surface area contributed by atoms with E-state index in [2.05, 4.69) is 10.3 Å². The minimum absolute atomic E-state index is 0.134. The van der Waals surface area contributed by atoms with Gasteiger partial charge in [-0.2, -0.15) is 13.2 Å². The van der Waals surface area contributed by atoms with Gasteiger partial charge in [-0.15, -0.1) is 0 Å². The summed E-state index contributed by atoms with van der Waals surface area (Å²) in [6.07, 6.45) is -2.84. The Bertz CT molecular complexity index is 1060. The molecule has 0 saturated heterocycles. The number of alkyl halides is 3. The first-order valence-corrected chi connectivity index (χ1v) is 9.43. The van der Waals surface area contributed by atoms with Crippen LogP contribution >= 0.6 is 11.3 Å². The van der Waals surface area contributed by atoms with Crippen molar-refractivity contribution in [3.05, 3.63) is 70.1 Å². The molecule has 0 saturated carbocycles. The largest absolute Gasteiger partial charge is 0.459 e. The van der Waals surface area contributed by atoms with Crippen molar-refractivity contribution in [3.63, 3.8) is 0 Å². The SMILES string of the molecule is O=C(Nc1nc2c(s1)CN(C(=O)c1ccccc1C(F)(F)F)CC2)c1ccco1. The number of benzene rings is 1. The van der Waals surface area contributed by atoms with Crippen LogP contribution in [-0.4, -0.2) is 28.2 Å². The number of amides is 2. The third-order valence-corrected chi connectivity index (χ3v) is 5.44. The van der Waals surface area contributed by atoms with Gasteiger partial charge in [-0.25, -0.2) is 4.98 Å². The Hall–Kier alpha value is -3.14. The molecule has 3 heterocycles. The molecule has 2 aromatic heterocycles. The molecule has 0 bridgehead atoms. The quantitative estimate of drug-likeness (QED) is 0.688. The van der Waals surface area contributed by atoms with Crippen molar-refractivity contribution in [1.82, 2.24) is 9.88 Å². The average Bonchev–Trinajstić information content (AvgIpc) is 3.35. The molecule has 0 atom stereocenters. The predicted molar refractivity (Wildman–Crippen MR) is 98.7 cm³/mol. The van der Waals surface area contributed by atoms with Crippen LogP contribution in [-0.2, 0) is 19.1 Å². The molecule has 1 aromatic carbocycles. The highest BCUT2D eigenvalue weighted by Crippen LogP contribution is 2.34. The smallest absolute Gasteiger partial charge is 0.417 e. The standard InChI is InChI=1S/C19H14F3N3O3S/c20-19(21,22)12-5-2-1-4-11(12)17(27)25-8-7-13-15(10-25)29-18(23-13)24-16(26)14-6-3-9-28-14/h1-6,9H,7-8,10H2,(H,23,24,26). The third kappa shape index (κ3) is 3.88. The lowest BCUT2D eigenvalue weighted by Crippen LogP contribution is -2.36. The number of fused-ring (bicyclic) bond motifs is 1. The lowest BCUT2D eigenvalue weighted by Gasteiger charge is -2.27. The zero-order valence-electron chi connectivity index (χ0n) is 14.8. The normalized spacial score (nSPS) is 13.8. The van der Waals surface area contributed by atoms with Gasteiger partial charge in [0.2, 0.25) is 0 Å². The van der Waals surface area contributed by atoms with E-state index >= 15 is 0 Å². The molecule has 0 fully saturated rings. The minimum Gasteiger partial charge on any atom is -0.459 e. The first-order valence-electron chi connectivity index (χ1n) is 8.62. The highest BCUT2D eigenvalue weighted by Gasteiger charge is 2.36. The van der Waals surface area contributed by atoms with Crippen molar-refractivity contribution in [2.75, 3.05) is 11.9 Å². The van der Waals surface area contributed by atoms with E-state index in [-0.39, 0.29) is 24.4 Å². The van der Waals surface area contributed by atoms with E-state index < -0.39 is 23.6 Å². The zero-order valence-corrected chi connectivity index (χ0v) is 15.6. The van der Waals surface area contributed by atoms with Gasteiger partial charge in [-0.05, 0) is 24.3 Å². The Morgan fingerprint density at radius 2 is 1.97 bits per heavy atom. The summed E-state index contributed by atoms with van der Waals surface area (Å²) in [5, 5.41) is 2.98. The van der Waals surface area contributed by atoms with E-state index in [1.807, 2.05) is 0 Å². The highest BCUT2D eigenvalue weighted by molar-refractivity contribution is 7.15. The third-order valence-electron chi connectivity index (χ3n) is 4.45. The summed E-state index contributed by atoms with van der Waals surface area (Å²) >= 11 is 1.19. The summed E-state index contributed by atoms with van der Waals surface area (Å²) in [4.78, 5) is 31.3. The lowest BCUT2D eigenvalue weighted by molar-refractivity contribution is -0.138. The number of nitrogens with zero attached hydrogens (tertiary/aromatic N) is 2. The summed E-state index contributed by atoms with van der Waals surface area (Å²) in [6, 6.07) is 7.85. The van der Waals surface area contributed by atoms with Gasteiger partial charge in [-0.1, -0.05) is 23.5 Å². The van der Waals surface area contributed by atoms with Crippen LogP contribution in [0.4, 0.5) is 18.3 Å². The molecular formula is C19H14F3N3O3S. The fraction of sp³-hybridized carbons (Fsp3) is 0.211. The summed E-state index contributed by atoms with van der Waals surface area (Å²) in [5.41, 5.74) is -0.608. The maximum absolute atomic E-state index is 13.2. The fourth-order valence-corrected chi connectivity index (χ4v) is 4.09. The lowest BCUT2D eigenvalue weighted by atomic mass is 10.0. The number of thiazole rings is 1. The topological polar surface area (TPSA) is 75.4 Å². The van der Waals surface area contributed by atoms with E-state index in [4.69, 9.17) is 4.42 Å². The molecule has 1 aliphatic heterocycles. The summed E-state index contributed by atoms with van der Waals surface area (Å²) in [5.74, 6) is -0.995. The van der Waals surface area contributed by atoms with Gasteiger partial charge in [0.15, 0.2) is 10.9 Å². The Labute approximate surface area is 167 Å². The number of anilines is 1. The summed E-state index contributed by atoms with van der Waals surface area (Å²) in [6.45, 7) is 0.377. The maximum Gasteiger partial charge on any atom is 0.417 e. The van der Waals surface area contributed by atoms with Gasteiger partial charge in [0.25, 0.3) is 11.8 Å². The van der Waals surface area contributed by atoms with Crippen LogP contribution in [0.1, 0.15) is 37.0 Å². The number of hydrogen-bond acceptors (Lipinski definition) is 5. The Morgan fingerprint density at radius 3 is 2.69 bits per heavy atom. The first-order chi connectivity index (χ1) is 13.8. The van der Waals surface area contributed by atoms with E-state index in [0.717, 1.165) is 16.6 Å². The van der Waals surface area contributed by atoms with Crippen molar-refractivity contribution >= 4 is 28.3 Å². The molecule has 4 rings (SSSR count). The van der Waals surface area contributed by atoms with Crippen LogP contribution in [0.3, 0.4) is 0 Å². The molecule has 1 N–H and O–H groups in total. The van der Waals surface area contributed by atoms with Crippen LogP contribution in [0.5, 0.6) is 0 Å². The second-order valence-electron chi connectivity index (χ2n) is 6.34. The fourth-order valence-electron chi connectivity index (χ4n) is 3.08. The van der Waals surface area contributed by atoms with Gasteiger partial charge in [0.05, 0.1) is 29.6 Å². The van der Waals surface area contributed by atoms with Gasteiger partial charge in [0.1, 0.15) is 0 Å². The number of carbonyl (C=O) groups is 2. The Balaban J connectivity index is 1.52. The summed E-state index contributed by atoms with van der Waals surface area (Å²) in [7, 11) is 0. The van der Waals surface area contributed by atoms with Gasteiger partial charge >= 0.3 is 6.18 Å². The maximum atomic E-state index is 13.2. The number of rotatable bonds is 3. The molecule has 6 nitrogen and oxygen atoms in total. The number of furan rings is 1. The first kappa shape index (κ1) is 19.2. The molecular weight excluding hydrogens is 407 g/mol. The van der Waals surface area contributed by atoms with Gasteiger partial charge in [-0.3, -0.25) is 14.9 Å². The molecule has 150 valence electrons. The second-order valence-corrected chi connectivity index (χ2v) is 7.42. The Kier molecular flexibility index (Phi) is 4.87. The molecule has 0 unspecified atom stereocenters. The molecule has 1 aliphatic rings. The second kappa shape index (κ2) is 7.36. The van der Waals surface area contributed by atoms with E-state index in [9.17, 15) is 22.8 Å². The average molecular weight is 421 g/mol. The van der Waals surface area contributed by atoms with Crippen molar-refractivity contribution in [2.24, 2.45) is 0 Å². The number of aromatic nitrogens is 1. The molecule has 0 radical (unpaired) electrons. The van der Waals surface area contributed by atoms with Crippen LogP contribution in [0.25, 0.3) is 0 Å². The van der Waals surface area contributed by atoms with Crippen molar-refractivity contribution in [3.8, 4) is 0 Å². The van der Waals surface area contributed by atoms with Crippen molar-refractivity contribution in [2.45, 2.75) is 19.1 Å². The number of carbonyl (C=O) groups excluding carboxylic acids is 2. The molecule has 3 aromatic rings. The van der Waals surface area contributed by atoms with Gasteiger partial charge < -0.3 is 9.32 Å². The molecule has 0 aliphatic carbocycles. The van der Waals surface area contributed by atoms with Crippen molar-refractivity contribution < 1.29 is 27.2 Å². The van der Waals surface area contributed by atoms with Crippen molar-refractivity contribution in [1.29, 1.82) is 0 Å². The van der Waals surface area contributed by atoms with Crippen LogP contribution in [0, 0.1) is 0 Å². The van der Waals surface area contributed by atoms with Gasteiger partial charge in [0, 0.05) is 17.8 Å². The van der Waals surface area contributed by atoms with E-state index in [1.165, 1.54) is 46.8 Å². The molecule has 0 spiro atoms. The highest BCUT2D eigenvalue weighted by atomic mass is 32.1. The minimum atomic E-state index is -4.61. The predicted octanol–water partition coefficient (Wildman–Crippen LogP) is 4.21. The summed E-state index contributed by atoms with van der Waals surface area (Å²) < 4.78 is 44.7. The van der Waals surface area contributed by atoms with Crippen LogP contribution in [0.2, 0.25) is 0 Å². The van der Waals surface area contributed by atoms with E-state index in [1.54, 1.807) is 6.07 Å². The monoisotopic (exact) mass is 421 g/mol. The van der Waals surface area contributed by atoms with Crippen LogP contribution < -0.4 is 5.32 Å². The molecule has 29 heavy (non-hydrogen) atoms. The van der Waals surface area contributed by atoms with Crippen LogP contribution in [0.15, 0.2) is 47.1 Å². The molecule has 10 heteroatoms. The Morgan fingerprint density at radius 1 is 1.17 bits per heavy atom. The van der Waals surface area contributed by atoms with E-state index in [0.29, 0.717) is 11.6 Å².